The van der Waals surface area contributed by atoms with E-state index in [9.17, 15) is 0 Å². The Morgan fingerprint density at radius 1 is 0.762 bits per heavy atom. The summed E-state index contributed by atoms with van der Waals surface area (Å²) < 4.78 is 0. The lowest BCUT2D eigenvalue weighted by Crippen LogP contribution is -2.23. The molecule has 0 aromatic heterocycles. The SMILES string of the molecule is OCC#CCCN(Cc1ccccc1)Cc1ccccc1. The molecular formula is C19H21NO. The van der Waals surface area contributed by atoms with Crippen LogP contribution in [0.4, 0.5) is 0 Å². The highest BCUT2D eigenvalue weighted by atomic mass is 16.2. The molecule has 2 nitrogen and oxygen atoms in total. The topological polar surface area (TPSA) is 23.5 Å². The summed E-state index contributed by atoms with van der Waals surface area (Å²) in [6.07, 6.45) is 0.778. The summed E-state index contributed by atoms with van der Waals surface area (Å²) in [5, 5.41) is 8.71. The number of aliphatic hydroxyl groups is 1. The molecule has 2 aromatic rings. The molecule has 0 fully saturated rings. The lowest BCUT2D eigenvalue weighted by molar-refractivity contribution is 0.263. The van der Waals surface area contributed by atoms with Gasteiger partial charge in [-0.15, -0.1) is 0 Å². The molecule has 0 aliphatic heterocycles. The van der Waals surface area contributed by atoms with E-state index >= 15 is 0 Å². The Hall–Kier alpha value is -2.08. The van der Waals surface area contributed by atoms with Crippen LogP contribution in [0.25, 0.3) is 0 Å². The van der Waals surface area contributed by atoms with Crippen LogP contribution < -0.4 is 0 Å². The highest BCUT2D eigenvalue weighted by molar-refractivity contribution is 5.17. The maximum Gasteiger partial charge on any atom is 0.104 e. The molecule has 0 saturated heterocycles. The smallest absolute Gasteiger partial charge is 0.104 e. The first-order valence-electron chi connectivity index (χ1n) is 7.25. The third-order valence-corrected chi connectivity index (χ3v) is 3.26. The minimum atomic E-state index is -0.0582. The molecule has 0 aliphatic carbocycles. The van der Waals surface area contributed by atoms with E-state index in [-0.39, 0.29) is 6.61 Å². The number of aliphatic hydroxyl groups excluding tert-OH is 1. The number of nitrogens with zero attached hydrogens (tertiary/aromatic N) is 1. The van der Waals surface area contributed by atoms with E-state index in [2.05, 4.69) is 65.3 Å². The molecule has 2 aromatic carbocycles. The van der Waals surface area contributed by atoms with Crippen molar-refractivity contribution in [3.63, 3.8) is 0 Å². The van der Waals surface area contributed by atoms with Gasteiger partial charge in [-0.25, -0.2) is 0 Å². The normalized spacial score (nSPS) is 10.2. The van der Waals surface area contributed by atoms with Gasteiger partial charge in [0.15, 0.2) is 0 Å². The quantitative estimate of drug-likeness (QED) is 0.821. The van der Waals surface area contributed by atoms with Crippen molar-refractivity contribution in [1.29, 1.82) is 0 Å². The highest BCUT2D eigenvalue weighted by Crippen LogP contribution is 2.10. The molecule has 0 heterocycles. The van der Waals surface area contributed by atoms with Crippen molar-refractivity contribution < 1.29 is 5.11 Å². The predicted octanol–water partition coefficient (Wildman–Crippen LogP) is 3.07. The van der Waals surface area contributed by atoms with Crippen LogP contribution >= 0.6 is 0 Å². The summed E-state index contributed by atoms with van der Waals surface area (Å²) in [7, 11) is 0. The number of benzene rings is 2. The maximum atomic E-state index is 8.71. The molecule has 1 N–H and O–H groups in total. The average Bonchev–Trinajstić information content (AvgIpc) is 2.53. The third-order valence-electron chi connectivity index (χ3n) is 3.26. The Kier molecular flexibility index (Phi) is 6.54. The second-order valence-corrected chi connectivity index (χ2v) is 4.94. The number of hydrogen-bond donors (Lipinski definition) is 1. The molecule has 0 bridgehead atoms. The van der Waals surface area contributed by atoms with Crippen molar-refractivity contribution in [2.24, 2.45) is 0 Å². The van der Waals surface area contributed by atoms with Crippen molar-refractivity contribution in [2.45, 2.75) is 19.5 Å². The molecule has 0 radical (unpaired) electrons. The van der Waals surface area contributed by atoms with E-state index in [4.69, 9.17) is 5.11 Å². The zero-order valence-corrected chi connectivity index (χ0v) is 12.2. The standard InChI is InChI=1S/C19H21NO/c21-15-9-3-8-14-20(16-18-10-4-1-5-11-18)17-19-12-6-2-7-13-19/h1-2,4-7,10-13,21H,8,14-17H2. The fraction of sp³-hybridized carbons (Fsp3) is 0.263. The molecule has 0 unspecified atom stereocenters. The summed E-state index contributed by atoms with van der Waals surface area (Å²) in [6, 6.07) is 21.0. The minimum Gasteiger partial charge on any atom is -0.384 e. The summed E-state index contributed by atoms with van der Waals surface area (Å²) in [4.78, 5) is 2.39. The Balaban J connectivity index is 1.99. The molecule has 0 atom stereocenters. The zero-order chi connectivity index (χ0) is 14.8. The summed E-state index contributed by atoms with van der Waals surface area (Å²) in [6.45, 7) is 2.67. The zero-order valence-electron chi connectivity index (χ0n) is 12.2. The van der Waals surface area contributed by atoms with Gasteiger partial charge in [0.05, 0.1) is 0 Å². The molecule has 21 heavy (non-hydrogen) atoms. The van der Waals surface area contributed by atoms with Gasteiger partial charge >= 0.3 is 0 Å². The second-order valence-electron chi connectivity index (χ2n) is 4.94. The van der Waals surface area contributed by atoms with Crippen LogP contribution in [0.2, 0.25) is 0 Å². The van der Waals surface area contributed by atoms with Crippen LogP contribution in [-0.2, 0) is 13.1 Å². The van der Waals surface area contributed by atoms with E-state index in [1.165, 1.54) is 11.1 Å². The molecule has 0 aliphatic rings. The van der Waals surface area contributed by atoms with E-state index in [0.29, 0.717) is 0 Å². The molecule has 0 saturated carbocycles. The average molecular weight is 279 g/mol. The second kappa shape index (κ2) is 8.97. The Bertz CT molecular complexity index is 527. The van der Waals surface area contributed by atoms with Crippen molar-refractivity contribution in [3.8, 4) is 11.8 Å². The van der Waals surface area contributed by atoms with Crippen LogP contribution in [-0.4, -0.2) is 23.2 Å². The molecule has 108 valence electrons. The van der Waals surface area contributed by atoms with Gasteiger partial charge in [0.1, 0.15) is 6.61 Å². The summed E-state index contributed by atoms with van der Waals surface area (Å²) in [5.41, 5.74) is 2.62. The van der Waals surface area contributed by atoms with Crippen LogP contribution in [0, 0.1) is 11.8 Å². The maximum absolute atomic E-state index is 8.71. The van der Waals surface area contributed by atoms with Gasteiger partial charge in [0, 0.05) is 26.1 Å². The number of hydrogen-bond acceptors (Lipinski definition) is 2. The third kappa shape index (κ3) is 5.83. The fourth-order valence-electron chi connectivity index (χ4n) is 2.26. The van der Waals surface area contributed by atoms with Crippen molar-refractivity contribution >= 4 is 0 Å². The van der Waals surface area contributed by atoms with Crippen LogP contribution in [0.1, 0.15) is 17.5 Å². The van der Waals surface area contributed by atoms with Gasteiger partial charge in [-0.3, -0.25) is 4.90 Å². The van der Waals surface area contributed by atoms with Crippen LogP contribution in [0.3, 0.4) is 0 Å². The van der Waals surface area contributed by atoms with Gasteiger partial charge in [0.25, 0.3) is 0 Å². The summed E-state index contributed by atoms with van der Waals surface area (Å²) in [5.74, 6) is 5.71. The molecular weight excluding hydrogens is 258 g/mol. The van der Waals surface area contributed by atoms with E-state index in [1.54, 1.807) is 0 Å². The largest absolute Gasteiger partial charge is 0.384 e. The lowest BCUT2D eigenvalue weighted by atomic mass is 10.1. The minimum absolute atomic E-state index is 0.0582. The van der Waals surface area contributed by atoms with Crippen molar-refractivity contribution in [3.05, 3.63) is 71.8 Å². The molecule has 0 amide bonds. The van der Waals surface area contributed by atoms with E-state index < -0.39 is 0 Å². The molecule has 2 rings (SSSR count). The molecule has 0 spiro atoms. The Morgan fingerprint density at radius 3 is 1.76 bits per heavy atom. The van der Waals surface area contributed by atoms with Crippen molar-refractivity contribution in [1.82, 2.24) is 4.90 Å². The van der Waals surface area contributed by atoms with E-state index in [1.807, 2.05) is 12.1 Å². The van der Waals surface area contributed by atoms with Gasteiger partial charge in [-0.1, -0.05) is 72.5 Å². The highest BCUT2D eigenvalue weighted by Gasteiger charge is 2.06. The Morgan fingerprint density at radius 2 is 1.29 bits per heavy atom. The van der Waals surface area contributed by atoms with Crippen LogP contribution in [0.15, 0.2) is 60.7 Å². The first kappa shape index (κ1) is 15.3. The van der Waals surface area contributed by atoms with Gasteiger partial charge in [0.2, 0.25) is 0 Å². The van der Waals surface area contributed by atoms with Gasteiger partial charge in [-0.05, 0) is 11.1 Å². The fourth-order valence-corrected chi connectivity index (χ4v) is 2.26. The monoisotopic (exact) mass is 279 g/mol. The van der Waals surface area contributed by atoms with Crippen molar-refractivity contribution in [2.75, 3.05) is 13.2 Å². The lowest BCUT2D eigenvalue weighted by Gasteiger charge is -2.21. The molecule has 2 heteroatoms. The first-order chi connectivity index (χ1) is 10.4. The predicted molar refractivity (Wildman–Crippen MR) is 86.5 cm³/mol. The van der Waals surface area contributed by atoms with Crippen LogP contribution in [0.5, 0.6) is 0 Å². The summed E-state index contributed by atoms with van der Waals surface area (Å²) >= 11 is 0. The number of rotatable bonds is 6. The van der Waals surface area contributed by atoms with E-state index in [0.717, 1.165) is 26.1 Å². The Labute approximate surface area is 127 Å². The van der Waals surface area contributed by atoms with Gasteiger partial charge < -0.3 is 5.11 Å². The first-order valence-corrected chi connectivity index (χ1v) is 7.25. The van der Waals surface area contributed by atoms with Gasteiger partial charge in [-0.2, -0.15) is 0 Å².